The molecule has 1 aromatic rings. The molecule has 1 atom stereocenters. The molecule has 0 bridgehead atoms. The van der Waals surface area contributed by atoms with E-state index < -0.39 is 0 Å². The summed E-state index contributed by atoms with van der Waals surface area (Å²) in [6.07, 6.45) is 4.06. The van der Waals surface area contributed by atoms with Crippen LogP contribution in [0.25, 0.3) is 0 Å². The minimum Gasteiger partial charge on any atom is -0.357 e. The molecule has 1 aliphatic heterocycles. The third-order valence-corrected chi connectivity index (χ3v) is 4.62. The van der Waals surface area contributed by atoms with Gasteiger partial charge in [0.15, 0.2) is 5.96 Å². The van der Waals surface area contributed by atoms with Crippen molar-refractivity contribution in [3.63, 3.8) is 0 Å². The van der Waals surface area contributed by atoms with Crippen LogP contribution in [0.4, 0.5) is 4.39 Å². The highest BCUT2D eigenvalue weighted by Crippen LogP contribution is 2.31. The van der Waals surface area contributed by atoms with E-state index in [2.05, 4.69) is 27.4 Å². The lowest BCUT2D eigenvalue weighted by Crippen LogP contribution is -2.40. The Bertz CT molecular complexity index is 524. The Labute approximate surface area is 138 Å². The van der Waals surface area contributed by atoms with Gasteiger partial charge in [0, 0.05) is 25.7 Å². The minimum atomic E-state index is -0.204. The predicted octanol–water partition coefficient (Wildman–Crippen LogP) is 2.37. The molecule has 23 heavy (non-hydrogen) atoms. The van der Waals surface area contributed by atoms with Gasteiger partial charge in [-0.15, -0.1) is 0 Å². The number of rotatable bonds is 6. The summed E-state index contributed by atoms with van der Waals surface area (Å²) in [7, 11) is 0. The number of hydrogen-bond donors (Lipinski definition) is 2. The molecule has 1 aliphatic carbocycles. The Balaban J connectivity index is 1.47. The molecule has 2 N–H and O–H groups in total. The molecule has 0 radical (unpaired) electrons. The van der Waals surface area contributed by atoms with E-state index in [1.54, 1.807) is 12.1 Å². The molecule has 3 rings (SSSR count). The maximum Gasteiger partial charge on any atom is 0.191 e. The van der Waals surface area contributed by atoms with Gasteiger partial charge < -0.3 is 15.5 Å². The first-order valence-electron chi connectivity index (χ1n) is 8.75. The van der Waals surface area contributed by atoms with E-state index in [0.29, 0.717) is 12.5 Å². The van der Waals surface area contributed by atoms with Gasteiger partial charge in [-0.2, -0.15) is 0 Å². The van der Waals surface area contributed by atoms with Crippen LogP contribution < -0.4 is 10.6 Å². The van der Waals surface area contributed by atoms with Crippen LogP contribution in [0.2, 0.25) is 0 Å². The molecule has 2 aliphatic rings. The normalized spacial score (nSPS) is 22.3. The number of nitrogens with zero attached hydrogens (tertiary/aromatic N) is 2. The largest absolute Gasteiger partial charge is 0.357 e. The van der Waals surface area contributed by atoms with Gasteiger partial charge in [0.25, 0.3) is 0 Å². The van der Waals surface area contributed by atoms with E-state index in [-0.39, 0.29) is 5.82 Å². The Morgan fingerprint density at radius 2 is 2.00 bits per heavy atom. The first kappa shape index (κ1) is 16.2. The molecular formula is C18H27FN4. The van der Waals surface area contributed by atoms with Gasteiger partial charge in [-0.25, -0.2) is 9.38 Å². The van der Waals surface area contributed by atoms with Crippen LogP contribution >= 0.6 is 0 Å². The average Bonchev–Trinajstić information content (AvgIpc) is 3.30. The summed E-state index contributed by atoms with van der Waals surface area (Å²) in [5, 5.41) is 6.75. The lowest BCUT2D eigenvalue weighted by molar-refractivity contribution is 0.314. The molecule has 0 spiro atoms. The number of likely N-dealkylation sites (tertiary alicyclic amines) is 1. The van der Waals surface area contributed by atoms with Gasteiger partial charge in [0.1, 0.15) is 5.82 Å². The van der Waals surface area contributed by atoms with Gasteiger partial charge in [0.2, 0.25) is 0 Å². The quantitative estimate of drug-likeness (QED) is 0.625. The van der Waals surface area contributed by atoms with Crippen LogP contribution in [0.1, 0.15) is 31.7 Å². The maximum absolute atomic E-state index is 12.9. The van der Waals surface area contributed by atoms with Gasteiger partial charge in [0.05, 0.1) is 6.54 Å². The summed E-state index contributed by atoms with van der Waals surface area (Å²) in [4.78, 5) is 7.23. The fourth-order valence-corrected chi connectivity index (χ4v) is 3.14. The molecule has 5 heteroatoms. The SMILES string of the molecule is CCNC(=NCc1ccc(F)cc1)NCC1CCN(C2CC2)C1. The highest BCUT2D eigenvalue weighted by molar-refractivity contribution is 5.79. The standard InChI is InChI=1S/C18H27FN4/c1-2-20-18(21-11-14-3-5-16(19)6-4-14)22-12-15-9-10-23(13-15)17-7-8-17/h3-6,15,17H,2,7-13H2,1H3,(H2,20,21,22). The molecule has 0 aromatic heterocycles. The lowest BCUT2D eigenvalue weighted by atomic mass is 10.1. The van der Waals surface area contributed by atoms with E-state index in [4.69, 9.17) is 0 Å². The van der Waals surface area contributed by atoms with Gasteiger partial charge >= 0.3 is 0 Å². The van der Waals surface area contributed by atoms with Crippen LogP contribution in [0.3, 0.4) is 0 Å². The third-order valence-electron chi connectivity index (χ3n) is 4.62. The van der Waals surface area contributed by atoms with Gasteiger partial charge in [-0.05, 0) is 56.3 Å². The fourth-order valence-electron chi connectivity index (χ4n) is 3.14. The monoisotopic (exact) mass is 318 g/mol. The molecule has 1 heterocycles. The molecule has 0 amide bonds. The molecule has 4 nitrogen and oxygen atoms in total. The van der Waals surface area contributed by atoms with Crippen LogP contribution in [-0.4, -0.2) is 43.1 Å². The molecule has 1 saturated heterocycles. The molecule has 1 aromatic carbocycles. The first-order valence-corrected chi connectivity index (χ1v) is 8.75. The van der Waals surface area contributed by atoms with Crippen LogP contribution in [0.5, 0.6) is 0 Å². The van der Waals surface area contributed by atoms with Crippen molar-refractivity contribution in [2.24, 2.45) is 10.9 Å². The number of benzene rings is 1. The van der Waals surface area contributed by atoms with Crippen molar-refractivity contribution in [3.8, 4) is 0 Å². The molecule has 2 fully saturated rings. The Morgan fingerprint density at radius 3 is 2.70 bits per heavy atom. The summed E-state index contributed by atoms with van der Waals surface area (Å²) in [6.45, 7) is 6.91. The van der Waals surface area contributed by atoms with Crippen LogP contribution in [-0.2, 0) is 6.54 Å². The van der Waals surface area contributed by atoms with Crippen molar-refractivity contribution in [1.29, 1.82) is 0 Å². The molecule has 1 unspecified atom stereocenters. The number of halogens is 1. The zero-order valence-electron chi connectivity index (χ0n) is 13.9. The van der Waals surface area contributed by atoms with Crippen molar-refractivity contribution >= 4 is 5.96 Å². The Hall–Kier alpha value is -1.62. The Kier molecular flexibility index (Phi) is 5.49. The van der Waals surface area contributed by atoms with Crippen molar-refractivity contribution in [3.05, 3.63) is 35.6 Å². The zero-order chi connectivity index (χ0) is 16.1. The van der Waals surface area contributed by atoms with E-state index in [1.165, 1.54) is 44.5 Å². The summed E-state index contributed by atoms with van der Waals surface area (Å²) < 4.78 is 12.9. The van der Waals surface area contributed by atoms with E-state index in [1.807, 2.05) is 0 Å². The van der Waals surface area contributed by atoms with Gasteiger partial charge in [-0.1, -0.05) is 12.1 Å². The van der Waals surface area contributed by atoms with E-state index in [9.17, 15) is 4.39 Å². The summed E-state index contributed by atoms with van der Waals surface area (Å²) >= 11 is 0. The average molecular weight is 318 g/mol. The lowest BCUT2D eigenvalue weighted by Gasteiger charge is -2.17. The van der Waals surface area contributed by atoms with E-state index in [0.717, 1.165) is 30.7 Å². The maximum atomic E-state index is 12.9. The summed E-state index contributed by atoms with van der Waals surface area (Å²) in [5.74, 6) is 1.36. The Morgan fingerprint density at radius 1 is 1.22 bits per heavy atom. The van der Waals surface area contributed by atoms with Crippen molar-refractivity contribution in [1.82, 2.24) is 15.5 Å². The van der Waals surface area contributed by atoms with Crippen LogP contribution in [0.15, 0.2) is 29.3 Å². The minimum absolute atomic E-state index is 0.204. The highest BCUT2D eigenvalue weighted by Gasteiger charge is 2.34. The first-order chi connectivity index (χ1) is 11.2. The molecular weight excluding hydrogens is 291 g/mol. The second-order valence-corrected chi connectivity index (χ2v) is 6.58. The second kappa shape index (κ2) is 7.77. The van der Waals surface area contributed by atoms with Crippen molar-refractivity contribution in [2.75, 3.05) is 26.2 Å². The highest BCUT2D eigenvalue weighted by atomic mass is 19.1. The molecule has 126 valence electrons. The summed E-state index contributed by atoms with van der Waals surface area (Å²) in [5.41, 5.74) is 1.02. The number of guanidine groups is 1. The second-order valence-electron chi connectivity index (χ2n) is 6.58. The van der Waals surface area contributed by atoms with Crippen molar-refractivity contribution < 1.29 is 4.39 Å². The zero-order valence-corrected chi connectivity index (χ0v) is 13.9. The predicted molar refractivity (Wildman–Crippen MR) is 91.9 cm³/mol. The number of nitrogens with one attached hydrogen (secondary N) is 2. The number of hydrogen-bond acceptors (Lipinski definition) is 2. The van der Waals surface area contributed by atoms with Crippen LogP contribution in [0, 0.1) is 11.7 Å². The summed E-state index contributed by atoms with van der Waals surface area (Å²) in [6, 6.07) is 7.41. The fraction of sp³-hybridized carbons (Fsp3) is 0.611. The molecule has 1 saturated carbocycles. The van der Waals surface area contributed by atoms with Gasteiger partial charge in [-0.3, -0.25) is 0 Å². The third kappa shape index (κ3) is 4.93. The van der Waals surface area contributed by atoms with Crippen molar-refractivity contribution in [2.45, 2.75) is 38.8 Å². The van der Waals surface area contributed by atoms with E-state index >= 15 is 0 Å². The smallest absolute Gasteiger partial charge is 0.191 e. The topological polar surface area (TPSA) is 39.7 Å². The number of aliphatic imine (C=N–C) groups is 1.